The number of aryl methyl sites for hydroxylation is 1. The van der Waals surface area contributed by atoms with Gasteiger partial charge in [0.05, 0.1) is 23.8 Å². The fraction of sp³-hybridized carbons (Fsp3) is 0.308. The highest BCUT2D eigenvalue weighted by Gasteiger charge is 2.28. The van der Waals surface area contributed by atoms with Gasteiger partial charge in [0.1, 0.15) is 4.83 Å². The van der Waals surface area contributed by atoms with Gasteiger partial charge in [-0.25, -0.2) is 4.98 Å². The number of ether oxygens (including phenoxy) is 1. The number of fused-ring (bicyclic) bond motifs is 3. The third-order valence-corrected chi connectivity index (χ3v) is 8.07. The van der Waals surface area contributed by atoms with Gasteiger partial charge >= 0.3 is 0 Å². The summed E-state index contributed by atoms with van der Waals surface area (Å²) in [6.45, 7) is 6.97. The second kappa shape index (κ2) is 8.85. The van der Waals surface area contributed by atoms with E-state index in [1.54, 1.807) is 27.7 Å². The van der Waals surface area contributed by atoms with Crippen molar-refractivity contribution in [1.82, 2.24) is 9.55 Å². The van der Waals surface area contributed by atoms with E-state index in [0.29, 0.717) is 12.5 Å². The molecule has 0 fully saturated rings. The molecule has 1 atom stereocenters. The minimum atomic E-state index is 0.0244. The van der Waals surface area contributed by atoms with E-state index < -0.39 is 0 Å². The number of aromatic nitrogens is 2. The van der Waals surface area contributed by atoms with Crippen LogP contribution >= 0.6 is 23.1 Å². The molecule has 0 N–H and O–H groups in total. The summed E-state index contributed by atoms with van der Waals surface area (Å²) in [5.74, 6) is 1.17. The average Bonchev–Trinajstić information content (AvgIpc) is 3.17. The van der Waals surface area contributed by atoms with Crippen LogP contribution in [0, 0.1) is 12.8 Å². The standard InChI is InChI=1S/C26H26N2O2S2/c1-16(2)21-13-20-22(14-30-21)32-24-23(20)25(29)28(19-11-9-17(3)10-12-19)26(27-24)31-15-18-7-5-4-6-8-18/h4-12,16,21H,13-15H2,1-3H3/t21-/m1/s1. The van der Waals surface area contributed by atoms with Crippen molar-refractivity contribution in [1.29, 1.82) is 0 Å². The maximum absolute atomic E-state index is 13.9. The van der Waals surface area contributed by atoms with Gasteiger partial charge in [-0.15, -0.1) is 11.3 Å². The van der Waals surface area contributed by atoms with E-state index in [-0.39, 0.29) is 11.7 Å². The van der Waals surface area contributed by atoms with Crippen LogP contribution in [0.4, 0.5) is 0 Å². The molecular weight excluding hydrogens is 436 g/mol. The number of rotatable bonds is 5. The van der Waals surface area contributed by atoms with Crippen molar-refractivity contribution in [2.75, 3.05) is 0 Å². The number of hydrogen-bond donors (Lipinski definition) is 0. The van der Waals surface area contributed by atoms with Gasteiger partial charge in [-0.2, -0.15) is 0 Å². The summed E-state index contributed by atoms with van der Waals surface area (Å²) in [5.41, 5.74) is 4.39. The zero-order chi connectivity index (χ0) is 22.2. The van der Waals surface area contributed by atoms with Gasteiger partial charge in [0.2, 0.25) is 0 Å². The molecule has 164 valence electrons. The maximum atomic E-state index is 13.9. The Labute approximate surface area is 196 Å². The van der Waals surface area contributed by atoms with Crippen molar-refractivity contribution in [3.63, 3.8) is 0 Å². The van der Waals surface area contributed by atoms with Gasteiger partial charge in [-0.05, 0) is 36.1 Å². The van der Waals surface area contributed by atoms with E-state index >= 15 is 0 Å². The highest BCUT2D eigenvalue weighted by molar-refractivity contribution is 7.98. The minimum Gasteiger partial charge on any atom is -0.372 e. The second-order valence-corrected chi connectivity index (χ2v) is 10.7. The zero-order valence-corrected chi connectivity index (χ0v) is 20.1. The summed E-state index contributed by atoms with van der Waals surface area (Å²) in [5, 5.41) is 1.50. The Morgan fingerprint density at radius 3 is 2.62 bits per heavy atom. The van der Waals surface area contributed by atoms with E-state index in [0.717, 1.165) is 43.7 Å². The molecule has 5 rings (SSSR count). The lowest BCUT2D eigenvalue weighted by Gasteiger charge is -2.26. The Morgan fingerprint density at radius 1 is 1.16 bits per heavy atom. The monoisotopic (exact) mass is 462 g/mol. The van der Waals surface area contributed by atoms with Gasteiger partial charge in [-0.3, -0.25) is 9.36 Å². The molecule has 0 spiro atoms. The number of benzene rings is 2. The van der Waals surface area contributed by atoms with E-state index in [1.807, 2.05) is 42.5 Å². The van der Waals surface area contributed by atoms with Crippen LogP contribution in [0.3, 0.4) is 0 Å². The largest absolute Gasteiger partial charge is 0.372 e. The summed E-state index contributed by atoms with van der Waals surface area (Å²) in [7, 11) is 0. The predicted octanol–water partition coefficient (Wildman–Crippen LogP) is 6.15. The number of nitrogens with zero attached hydrogens (tertiary/aromatic N) is 2. The fourth-order valence-electron chi connectivity index (χ4n) is 4.08. The second-order valence-electron chi connectivity index (χ2n) is 8.63. The van der Waals surface area contributed by atoms with E-state index in [4.69, 9.17) is 9.72 Å². The fourth-order valence-corrected chi connectivity index (χ4v) is 6.21. The lowest BCUT2D eigenvalue weighted by molar-refractivity contribution is 0.00200. The lowest BCUT2D eigenvalue weighted by Crippen LogP contribution is -2.28. The summed E-state index contributed by atoms with van der Waals surface area (Å²) < 4.78 is 7.86. The zero-order valence-electron chi connectivity index (χ0n) is 18.5. The van der Waals surface area contributed by atoms with Crippen molar-refractivity contribution in [3.8, 4) is 5.69 Å². The van der Waals surface area contributed by atoms with Crippen molar-refractivity contribution in [2.24, 2.45) is 5.92 Å². The molecule has 1 aliphatic rings. The topological polar surface area (TPSA) is 44.1 Å². The van der Waals surface area contributed by atoms with Gasteiger partial charge in [0.25, 0.3) is 5.56 Å². The third kappa shape index (κ3) is 4.03. The van der Waals surface area contributed by atoms with Crippen LogP contribution in [-0.2, 0) is 23.5 Å². The van der Waals surface area contributed by atoms with Gasteiger partial charge in [-0.1, -0.05) is 73.6 Å². The van der Waals surface area contributed by atoms with Crippen molar-refractivity contribution in [2.45, 2.75) is 50.8 Å². The average molecular weight is 463 g/mol. The molecule has 0 unspecified atom stereocenters. The van der Waals surface area contributed by atoms with Gasteiger partial charge in [0, 0.05) is 17.1 Å². The molecule has 4 nitrogen and oxygen atoms in total. The molecule has 4 aromatic rings. The summed E-state index contributed by atoms with van der Waals surface area (Å²) in [4.78, 5) is 20.9. The first kappa shape index (κ1) is 21.4. The van der Waals surface area contributed by atoms with Gasteiger partial charge in [0.15, 0.2) is 5.16 Å². The van der Waals surface area contributed by atoms with Crippen LogP contribution in [0.15, 0.2) is 64.5 Å². The van der Waals surface area contributed by atoms with Gasteiger partial charge < -0.3 is 4.74 Å². The summed E-state index contributed by atoms with van der Waals surface area (Å²) >= 11 is 3.21. The Hall–Kier alpha value is -2.41. The quantitative estimate of drug-likeness (QED) is 0.264. The molecule has 0 saturated carbocycles. The number of hydrogen-bond acceptors (Lipinski definition) is 5. The minimum absolute atomic E-state index is 0.0244. The van der Waals surface area contributed by atoms with Crippen LogP contribution in [-0.4, -0.2) is 15.7 Å². The molecule has 0 amide bonds. The molecule has 2 aromatic heterocycles. The van der Waals surface area contributed by atoms with Crippen molar-refractivity contribution >= 4 is 33.3 Å². The molecule has 0 saturated heterocycles. The third-order valence-electron chi connectivity index (χ3n) is 5.96. The first-order chi connectivity index (χ1) is 15.5. The highest BCUT2D eigenvalue weighted by Crippen LogP contribution is 2.36. The first-order valence-corrected chi connectivity index (χ1v) is 12.7. The van der Waals surface area contributed by atoms with Crippen LogP contribution in [0.1, 0.15) is 35.4 Å². The highest BCUT2D eigenvalue weighted by atomic mass is 32.2. The lowest BCUT2D eigenvalue weighted by atomic mass is 9.96. The summed E-state index contributed by atoms with van der Waals surface area (Å²) in [6.07, 6.45) is 0.911. The maximum Gasteiger partial charge on any atom is 0.267 e. The normalized spacial score (nSPS) is 15.9. The number of thiophene rings is 1. The smallest absolute Gasteiger partial charge is 0.267 e. The SMILES string of the molecule is Cc1ccc(-n2c(SCc3ccccc3)nc3sc4c(c3c2=O)C[C@H](C(C)C)OC4)cc1. The van der Waals surface area contributed by atoms with Crippen LogP contribution < -0.4 is 5.56 Å². The van der Waals surface area contributed by atoms with Crippen LogP contribution in [0.5, 0.6) is 0 Å². The van der Waals surface area contributed by atoms with E-state index in [2.05, 4.69) is 32.9 Å². The molecule has 0 radical (unpaired) electrons. The Kier molecular flexibility index (Phi) is 5.93. The number of thioether (sulfide) groups is 1. The Bertz CT molecular complexity index is 1310. The first-order valence-electron chi connectivity index (χ1n) is 10.9. The van der Waals surface area contributed by atoms with Crippen molar-refractivity contribution < 1.29 is 4.74 Å². The Morgan fingerprint density at radius 2 is 1.91 bits per heavy atom. The molecule has 1 aliphatic heterocycles. The molecule has 2 aromatic carbocycles. The van der Waals surface area contributed by atoms with E-state index in [9.17, 15) is 4.79 Å². The predicted molar refractivity (Wildman–Crippen MR) is 133 cm³/mol. The van der Waals surface area contributed by atoms with Crippen molar-refractivity contribution in [3.05, 3.63) is 86.5 Å². The Balaban J connectivity index is 1.66. The van der Waals surface area contributed by atoms with E-state index in [1.165, 1.54) is 11.1 Å². The molecule has 6 heteroatoms. The molecule has 3 heterocycles. The molecule has 32 heavy (non-hydrogen) atoms. The molecular formula is C26H26N2O2S2. The molecule has 0 bridgehead atoms. The summed E-state index contributed by atoms with van der Waals surface area (Å²) in [6, 6.07) is 18.4. The van der Waals surface area contributed by atoms with Crippen LogP contribution in [0.2, 0.25) is 0 Å². The molecule has 0 aliphatic carbocycles. The van der Waals surface area contributed by atoms with Crippen LogP contribution in [0.25, 0.3) is 15.9 Å².